The van der Waals surface area contributed by atoms with Crippen molar-refractivity contribution in [3.63, 3.8) is 0 Å². The first-order chi connectivity index (χ1) is 16.2. The molecule has 0 heterocycles. The first kappa shape index (κ1) is 28.2. The Morgan fingerprint density at radius 3 is 2.44 bits per heavy atom. The van der Waals surface area contributed by atoms with Gasteiger partial charge in [0.1, 0.15) is 6.10 Å². The van der Waals surface area contributed by atoms with E-state index in [1.165, 1.54) is 31.3 Å². The van der Waals surface area contributed by atoms with Crippen molar-refractivity contribution >= 4 is 11.8 Å². The molecule has 0 bridgehead atoms. The van der Waals surface area contributed by atoms with Gasteiger partial charge in [0.05, 0.1) is 31.0 Å². The minimum atomic E-state index is -0.741. The van der Waals surface area contributed by atoms with Crippen LogP contribution in [0.3, 0.4) is 0 Å². The Morgan fingerprint density at radius 2 is 1.82 bits per heavy atom. The second-order valence-electron chi connectivity index (χ2n) is 11.2. The molecule has 3 rings (SSSR count). The van der Waals surface area contributed by atoms with Crippen LogP contribution in [-0.2, 0) is 4.74 Å². The van der Waals surface area contributed by atoms with Crippen LogP contribution in [0.1, 0.15) is 85.5 Å². The van der Waals surface area contributed by atoms with E-state index in [2.05, 4.69) is 39.8 Å². The molecule has 2 unspecified atom stereocenters. The molecule has 0 radical (unpaired) electrons. The third-order valence-corrected chi connectivity index (χ3v) is 10.7. The highest BCUT2D eigenvalue weighted by Gasteiger charge is 2.51. The van der Waals surface area contributed by atoms with Crippen LogP contribution in [0.15, 0.2) is 23.3 Å². The average Bonchev–Trinajstić information content (AvgIpc) is 3.18. The quantitative estimate of drug-likeness (QED) is 0.353. The van der Waals surface area contributed by atoms with E-state index in [0.717, 1.165) is 30.6 Å². The molecule has 196 valence electrons. The Labute approximate surface area is 211 Å². The maximum Gasteiger partial charge on any atom is 0.110 e. The summed E-state index contributed by atoms with van der Waals surface area (Å²) in [6, 6.07) is 0. The second-order valence-corrected chi connectivity index (χ2v) is 12.6. The van der Waals surface area contributed by atoms with Gasteiger partial charge in [-0.2, -0.15) is 11.8 Å². The Balaban J connectivity index is 1.66. The zero-order valence-corrected chi connectivity index (χ0v) is 22.5. The topological polar surface area (TPSA) is 90.2 Å². The van der Waals surface area contributed by atoms with Crippen LogP contribution < -0.4 is 0 Å². The summed E-state index contributed by atoms with van der Waals surface area (Å²) in [7, 11) is 0. The lowest BCUT2D eigenvalue weighted by molar-refractivity contribution is -0.115. The van der Waals surface area contributed by atoms with E-state index in [9.17, 15) is 15.3 Å². The molecule has 4 N–H and O–H groups in total. The summed E-state index contributed by atoms with van der Waals surface area (Å²) in [5.74, 6) is 2.09. The lowest BCUT2D eigenvalue weighted by Crippen LogP contribution is -2.44. The largest absolute Gasteiger partial charge is 0.394 e. The van der Waals surface area contributed by atoms with E-state index >= 15 is 0 Å². The molecular weight excluding hydrogens is 448 g/mol. The van der Waals surface area contributed by atoms with Crippen LogP contribution >= 0.6 is 11.8 Å². The van der Waals surface area contributed by atoms with E-state index in [1.54, 1.807) is 0 Å². The maximum absolute atomic E-state index is 10.8. The van der Waals surface area contributed by atoms with Crippen LogP contribution in [-0.4, -0.2) is 68.6 Å². The smallest absolute Gasteiger partial charge is 0.110 e. The van der Waals surface area contributed by atoms with Gasteiger partial charge in [-0.15, -0.1) is 0 Å². The molecule has 3 aliphatic rings. The predicted molar refractivity (Wildman–Crippen MR) is 140 cm³/mol. The predicted octanol–water partition coefficient (Wildman–Crippen LogP) is 4.62. The molecule has 5 nitrogen and oxygen atoms in total. The first-order valence-electron chi connectivity index (χ1n) is 13.5. The van der Waals surface area contributed by atoms with Crippen LogP contribution in [0.25, 0.3) is 0 Å². The number of hydrogen-bond acceptors (Lipinski definition) is 6. The lowest BCUT2D eigenvalue weighted by Gasteiger charge is -2.44. The molecule has 0 aromatic rings. The summed E-state index contributed by atoms with van der Waals surface area (Å²) in [6.45, 7) is 9.06. The highest BCUT2D eigenvalue weighted by Crippen LogP contribution is 2.59. The van der Waals surface area contributed by atoms with Crippen molar-refractivity contribution in [1.29, 1.82) is 0 Å². The minimum absolute atomic E-state index is 0.110. The first-order valence-corrected chi connectivity index (χ1v) is 14.5. The molecule has 0 aromatic heterocycles. The van der Waals surface area contributed by atoms with Gasteiger partial charge in [0.2, 0.25) is 0 Å². The van der Waals surface area contributed by atoms with Crippen LogP contribution in [0.4, 0.5) is 0 Å². The summed E-state index contributed by atoms with van der Waals surface area (Å²) in [6.07, 6.45) is 11.1. The van der Waals surface area contributed by atoms with Crippen molar-refractivity contribution in [2.24, 2.45) is 17.3 Å². The van der Waals surface area contributed by atoms with Crippen molar-refractivity contribution in [1.82, 2.24) is 0 Å². The molecule has 0 saturated heterocycles. The normalized spacial score (nSPS) is 37.8. The van der Waals surface area contributed by atoms with E-state index in [-0.39, 0.29) is 13.2 Å². The number of fused-ring (bicyclic) bond motifs is 1. The lowest BCUT2D eigenvalue weighted by atomic mass is 9.63. The van der Waals surface area contributed by atoms with E-state index in [4.69, 9.17) is 9.84 Å². The van der Waals surface area contributed by atoms with Gasteiger partial charge in [-0.3, -0.25) is 0 Å². The number of aliphatic hydroxyl groups excluding tert-OH is 3. The third kappa shape index (κ3) is 6.30. The van der Waals surface area contributed by atoms with Crippen molar-refractivity contribution in [3.05, 3.63) is 23.3 Å². The SMILES string of the molecule is CCC(O)(CC)CS[C@@H](C)[C@H]1CC[C@H]2/C(=C/C=C3CC(O)C(OCCO)[C@H](O)C3)CCC[C@]12C. The zero-order chi connectivity index (χ0) is 24.9. The van der Waals surface area contributed by atoms with Gasteiger partial charge in [-0.25, -0.2) is 0 Å². The fraction of sp³-hybridized carbons (Fsp3) is 0.857. The number of ether oxygens (including phenoxy) is 1. The van der Waals surface area contributed by atoms with Gasteiger partial charge in [0.25, 0.3) is 0 Å². The third-order valence-electron chi connectivity index (χ3n) is 9.17. The van der Waals surface area contributed by atoms with Gasteiger partial charge in [0, 0.05) is 11.0 Å². The molecule has 34 heavy (non-hydrogen) atoms. The Kier molecular flexibility index (Phi) is 10.2. The Morgan fingerprint density at radius 1 is 1.15 bits per heavy atom. The van der Waals surface area contributed by atoms with Crippen LogP contribution in [0.2, 0.25) is 0 Å². The number of rotatable bonds is 10. The summed E-state index contributed by atoms with van der Waals surface area (Å²) >= 11 is 1.96. The minimum Gasteiger partial charge on any atom is -0.394 e. The molecule has 0 aromatic carbocycles. The molecule has 0 spiro atoms. The van der Waals surface area contributed by atoms with Crippen LogP contribution in [0.5, 0.6) is 0 Å². The summed E-state index contributed by atoms with van der Waals surface area (Å²) in [5, 5.41) is 41.2. The van der Waals surface area contributed by atoms with E-state index in [1.807, 2.05) is 11.8 Å². The monoisotopic (exact) mass is 496 g/mol. The number of allylic oxidation sites excluding steroid dienone is 3. The Hall–Kier alpha value is -0.370. The molecule has 6 heteroatoms. The summed E-state index contributed by atoms with van der Waals surface area (Å²) < 4.78 is 5.45. The highest BCUT2D eigenvalue weighted by atomic mass is 32.2. The molecular formula is C28H48O5S. The standard InChI is InChI=1S/C28H48O5S/c1-5-28(32,6-2)18-34-19(3)22-11-12-23-21(8-7-13-27(22,23)4)10-9-20-16-24(30)26(25(31)17-20)33-15-14-29/h9-10,19,22-26,29-32H,5-8,11-18H2,1-4H3/b20-9?,21-10+/t19-,22+,23-,24+,25?,26?,27+/m0/s1. The number of thioether (sulfide) groups is 1. The van der Waals surface area contributed by atoms with Gasteiger partial charge in [0.15, 0.2) is 0 Å². The van der Waals surface area contributed by atoms with Gasteiger partial charge >= 0.3 is 0 Å². The number of aliphatic hydroxyl groups is 4. The molecule has 3 fully saturated rings. The van der Waals surface area contributed by atoms with Gasteiger partial charge in [-0.1, -0.05) is 51.0 Å². The van der Waals surface area contributed by atoms with Gasteiger partial charge < -0.3 is 25.2 Å². The molecule has 0 aliphatic heterocycles. The van der Waals surface area contributed by atoms with Crippen molar-refractivity contribution in [2.75, 3.05) is 19.0 Å². The number of hydrogen-bond donors (Lipinski definition) is 4. The van der Waals surface area contributed by atoms with Crippen molar-refractivity contribution in [3.8, 4) is 0 Å². The van der Waals surface area contributed by atoms with Crippen molar-refractivity contribution in [2.45, 2.75) is 115 Å². The Bertz CT molecular complexity index is 704. The van der Waals surface area contributed by atoms with Crippen LogP contribution in [0, 0.1) is 17.3 Å². The summed E-state index contributed by atoms with van der Waals surface area (Å²) in [4.78, 5) is 0. The van der Waals surface area contributed by atoms with Crippen molar-refractivity contribution < 1.29 is 25.2 Å². The van der Waals surface area contributed by atoms with Gasteiger partial charge in [-0.05, 0) is 75.0 Å². The summed E-state index contributed by atoms with van der Waals surface area (Å²) in [5.41, 5.74) is 2.36. The average molecular weight is 497 g/mol. The molecule has 3 saturated carbocycles. The fourth-order valence-electron chi connectivity index (χ4n) is 6.79. The molecule has 0 amide bonds. The van der Waals surface area contributed by atoms with E-state index in [0.29, 0.717) is 35.3 Å². The zero-order valence-electron chi connectivity index (χ0n) is 21.7. The second kappa shape index (κ2) is 12.2. The van der Waals surface area contributed by atoms with E-state index < -0.39 is 23.9 Å². The molecule has 7 atom stereocenters. The fourth-order valence-corrected chi connectivity index (χ4v) is 8.45. The molecule has 3 aliphatic carbocycles. The highest BCUT2D eigenvalue weighted by molar-refractivity contribution is 7.99. The maximum atomic E-state index is 10.8.